The van der Waals surface area contributed by atoms with Crippen molar-refractivity contribution < 1.29 is 0 Å². The summed E-state index contributed by atoms with van der Waals surface area (Å²) >= 11 is 0. The Hall–Kier alpha value is -0.860. The first-order chi connectivity index (χ1) is 14.1. The predicted molar refractivity (Wildman–Crippen MR) is 139 cm³/mol. The number of nitrogens with one attached hydrogen (secondary N) is 2. The minimum absolute atomic E-state index is 0. The predicted octanol–water partition coefficient (Wildman–Crippen LogP) is 3.60. The van der Waals surface area contributed by atoms with Gasteiger partial charge >= 0.3 is 0 Å². The zero-order valence-electron chi connectivity index (χ0n) is 19.1. The molecule has 0 radical (unpaired) electrons. The lowest BCUT2D eigenvalue weighted by atomic mass is 10.0. The lowest BCUT2D eigenvalue weighted by Gasteiger charge is -2.35. The first-order valence-electron chi connectivity index (χ1n) is 11.7. The van der Waals surface area contributed by atoms with Gasteiger partial charge in [-0.15, -0.1) is 24.0 Å². The van der Waals surface area contributed by atoms with Gasteiger partial charge in [-0.2, -0.15) is 0 Å². The van der Waals surface area contributed by atoms with Crippen LogP contribution in [0, 0.1) is 5.92 Å². The van der Waals surface area contributed by atoms with E-state index in [-0.39, 0.29) is 24.0 Å². The number of piperidine rings is 1. The molecule has 2 aliphatic heterocycles. The highest BCUT2D eigenvalue weighted by Gasteiger charge is 2.23. The van der Waals surface area contributed by atoms with Crippen LogP contribution in [0.25, 0.3) is 0 Å². The number of hydrogen-bond acceptors (Lipinski definition) is 3. The van der Waals surface area contributed by atoms with Crippen molar-refractivity contribution >= 4 is 29.9 Å². The number of likely N-dealkylation sites (tertiary alicyclic amines) is 2. The van der Waals surface area contributed by atoms with Crippen molar-refractivity contribution in [3.63, 3.8) is 0 Å². The fourth-order valence-electron chi connectivity index (χ4n) is 4.49. The van der Waals surface area contributed by atoms with Crippen LogP contribution in [0.2, 0.25) is 0 Å². The largest absolute Gasteiger partial charge is 0.357 e. The summed E-state index contributed by atoms with van der Waals surface area (Å²) in [6, 6.07) is 12.0. The SMILES string of the molecule is CCNC(=NCC1CCN(CCc2ccccc2)C1)NC1CCN(C(C)C)CC1.I. The van der Waals surface area contributed by atoms with E-state index < -0.39 is 0 Å². The van der Waals surface area contributed by atoms with E-state index in [9.17, 15) is 0 Å². The standard InChI is InChI=1S/C24H41N5.HI/c1-4-25-24(27-23-12-16-29(17-13-23)20(2)3)26-18-22-11-15-28(19-22)14-10-21-8-6-5-7-9-21;/h5-9,20,22-23H,4,10-19H2,1-3H3,(H2,25,26,27);1H. The van der Waals surface area contributed by atoms with Crippen LogP contribution in [0.3, 0.4) is 0 Å². The second-order valence-corrected chi connectivity index (χ2v) is 8.96. The van der Waals surface area contributed by atoms with Gasteiger partial charge in [0, 0.05) is 51.4 Å². The number of rotatable bonds is 8. The fraction of sp³-hybridized carbons (Fsp3) is 0.708. The number of guanidine groups is 1. The summed E-state index contributed by atoms with van der Waals surface area (Å²) in [5.41, 5.74) is 1.44. The Labute approximate surface area is 201 Å². The molecule has 5 nitrogen and oxygen atoms in total. The van der Waals surface area contributed by atoms with Gasteiger partial charge in [0.1, 0.15) is 0 Å². The van der Waals surface area contributed by atoms with Crippen molar-refractivity contribution in [3.8, 4) is 0 Å². The van der Waals surface area contributed by atoms with Crippen LogP contribution in [0.5, 0.6) is 0 Å². The van der Waals surface area contributed by atoms with Crippen LogP contribution in [0.15, 0.2) is 35.3 Å². The third-order valence-electron chi connectivity index (χ3n) is 6.38. The first kappa shape index (κ1) is 25.4. The quantitative estimate of drug-likeness (QED) is 0.308. The van der Waals surface area contributed by atoms with Crippen molar-refractivity contribution in [1.29, 1.82) is 0 Å². The summed E-state index contributed by atoms with van der Waals surface area (Å²) in [7, 11) is 0. The van der Waals surface area contributed by atoms with Gasteiger partial charge in [0.05, 0.1) is 0 Å². The Balaban J connectivity index is 0.00000320. The third-order valence-corrected chi connectivity index (χ3v) is 6.38. The van der Waals surface area contributed by atoms with E-state index in [1.54, 1.807) is 0 Å². The highest BCUT2D eigenvalue weighted by molar-refractivity contribution is 14.0. The molecule has 2 saturated heterocycles. The van der Waals surface area contributed by atoms with Gasteiger partial charge in [-0.1, -0.05) is 30.3 Å². The fourth-order valence-corrected chi connectivity index (χ4v) is 4.49. The molecule has 0 aliphatic carbocycles. The monoisotopic (exact) mass is 527 g/mol. The molecule has 0 aromatic heterocycles. The number of benzene rings is 1. The van der Waals surface area contributed by atoms with Crippen LogP contribution in [0.4, 0.5) is 0 Å². The first-order valence-corrected chi connectivity index (χ1v) is 11.7. The molecule has 1 unspecified atom stereocenters. The molecule has 1 aromatic carbocycles. The molecule has 2 N–H and O–H groups in total. The summed E-state index contributed by atoms with van der Waals surface area (Å²) in [6.07, 6.45) is 4.83. The van der Waals surface area contributed by atoms with Crippen LogP contribution in [-0.4, -0.2) is 73.7 Å². The summed E-state index contributed by atoms with van der Waals surface area (Å²) in [6.45, 7) is 14.5. The van der Waals surface area contributed by atoms with Gasteiger partial charge in [0.25, 0.3) is 0 Å². The summed E-state index contributed by atoms with van der Waals surface area (Å²) in [4.78, 5) is 10.1. The Morgan fingerprint density at radius 1 is 1.10 bits per heavy atom. The van der Waals surface area contributed by atoms with Crippen LogP contribution >= 0.6 is 24.0 Å². The van der Waals surface area contributed by atoms with Gasteiger partial charge in [-0.3, -0.25) is 4.99 Å². The van der Waals surface area contributed by atoms with Gasteiger partial charge < -0.3 is 20.4 Å². The zero-order chi connectivity index (χ0) is 20.5. The zero-order valence-corrected chi connectivity index (χ0v) is 21.5. The summed E-state index contributed by atoms with van der Waals surface area (Å²) in [5.74, 6) is 1.70. The maximum Gasteiger partial charge on any atom is 0.191 e. The Bertz CT molecular complexity index is 613. The van der Waals surface area contributed by atoms with E-state index in [4.69, 9.17) is 4.99 Å². The average Bonchev–Trinajstić information content (AvgIpc) is 3.20. The van der Waals surface area contributed by atoms with Gasteiger partial charge in [0.15, 0.2) is 5.96 Å². The van der Waals surface area contributed by atoms with Crippen LogP contribution in [-0.2, 0) is 6.42 Å². The molecule has 2 heterocycles. The molecule has 0 bridgehead atoms. The van der Waals surface area contributed by atoms with Crippen molar-refractivity contribution in [3.05, 3.63) is 35.9 Å². The topological polar surface area (TPSA) is 42.9 Å². The molecule has 1 aromatic rings. The molecule has 0 saturated carbocycles. The molecule has 6 heteroatoms. The molecule has 0 spiro atoms. The Morgan fingerprint density at radius 3 is 2.50 bits per heavy atom. The Kier molecular flexibility index (Phi) is 11.5. The molecule has 170 valence electrons. The molecule has 2 fully saturated rings. The van der Waals surface area contributed by atoms with Crippen molar-refractivity contribution in [2.75, 3.05) is 45.8 Å². The molecule has 3 rings (SSSR count). The number of aliphatic imine (C=N–C) groups is 1. The minimum atomic E-state index is 0. The van der Waals surface area contributed by atoms with E-state index >= 15 is 0 Å². The minimum Gasteiger partial charge on any atom is -0.357 e. The Morgan fingerprint density at radius 2 is 1.83 bits per heavy atom. The number of hydrogen-bond donors (Lipinski definition) is 2. The van der Waals surface area contributed by atoms with E-state index in [1.165, 1.54) is 51.0 Å². The van der Waals surface area contributed by atoms with E-state index in [0.29, 0.717) is 18.0 Å². The molecule has 30 heavy (non-hydrogen) atoms. The lowest BCUT2D eigenvalue weighted by molar-refractivity contribution is 0.167. The van der Waals surface area contributed by atoms with Crippen molar-refractivity contribution in [1.82, 2.24) is 20.4 Å². The van der Waals surface area contributed by atoms with E-state index in [0.717, 1.165) is 32.0 Å². The molecule has 0 amide bonds. The van der Waals surface area contributed by atoms with Crippen LogP contribution in [0.1, 0.15) is 45.6 Å². The normalized spacial score (nSPS) is 21.6. The second-order valence-electron chi connectivity index (χ2n) is 8.96. The summed E-state index contributed by atoms with van der Waals surface area (Å²) < 4.78 is 0. The summed E-state index contributed by atoms with van der Waals surface area (Å²) in [5, 5.41) is 7.15. The molecule has 2 aliphatic rings. The number of nitrogens with zero attached hydrogens (tertiary/aromatic N) is 3. The van der Waals surface area contributed by atoms with E-state index in [1.807, 2.05) is 0 Å². The average molecular weight is 528 g/mol. The molecular formula is C24H42IN5. The molecular weight excluding hydrogens is 485 g/mol. The van der Waals surface area contributed by atoms with Crippen molar-refractivity contribution in [2.45, 2.75) is 58.5 Å². The van der Waals surface area contributed by atoms with Gasteiger partial charge in [-0.25, -0.2) is 0 Å². The maximum atomic E-state index is 4.95. The third kappa shape index (κ3) is 8.35. The highest BCUT2D eigenvalue weighted by Crippen LogP contribution is 2.17. The second kappa shape index (κ2) is 13.5. The molecule has 1 atom stereocenters. The van der Waals surface area contributed by atoms with Gasteiger partial charge in [-0.05, 0) is 64.5 Å². The van der Waals surface area contributed by atoms with Crippen LogP contribution < -0.4 is 10.6 Å². The highest BCUT2D eigenvalue weighted by atomic mass is 127. The lowest BCUT2D eigenvalue weighted by Crippen LogP contribution is -2.50. The smallest absolute Gasteiger partial charge is 0.191 e. The van der Waals surface area contributed by atoms with Gasteiger partial charge in [0.2, 0.25) is 0 Å². The van der Waals surface area contributed by atoms with Crippen molar-refractivity contribution in [2.24, 2.45) is 10.9 Å². The number of halogens is 1. The maximum absolute atomic E-state index is 4.95. The van der Waals surface area contributed by atoms with E-state index in [2.05, 4.69) is 71.5 Å².